The van der Waals surface area contributed by atoms with Crippen molar-refractivity contribution in [2.24, 2.45) is 0 Å². The summed E-state index contributed by atoms with van der Waals surface area (Å²) < 4.78 is 19.3. The lowest BCUT2D eigenvalue weighted by Crippen LogP contribution is -2.51. The SMILES string of the molecule is CCNC(=O)[C@H](Cc1ccccc1)N(Cc1ccc(F)cc1)C(=O)COc1cc(C)ccc1C. The molecule has 0 heterocycles. The third kappa shape index (κ3) is 6.91. The smallest absolute Gasteiger partial charge is 0.261 e. The fourth-order valence-electron chi connectivity index (χ4n) is 3.72. The van der Waals surface area contributed by atoms with Crippen LogP contribution in [0.25, 0.3) is 0 Å². The van der Waals surface area contributed by atoms with Crippen LogP contribution in [-0.2, 0) is 22.6 Å². The molecule has 0 bridgehead atoms. The van der Waals surface area contributed by atoms with E-state index in [0.717, 1.165) is 22.3 Å². The molecule has 34 heavy (non-hydrogen) atoms. The van der Waals surface area contributed by atoms with E-state index < -0.39 is 6.04 Å². The monoisotopic (exact) mass is 462 g/mol. The summed E-state index contributed by atoms with van der Waals surface area (Å²) >= 11 is 0. The number of likely N-dealkylation sites (N-methyl/N-ethyl adjacent to an activating group) is 1. The van der Waals surface area contributed by atoms with Crippen molar-refractivity contribution in [2.75, 3.05) is 13.2 Å². The number of aryl methyl sites for hydroxylation is 2. The number of amides is 2. The topological polar surface area (TPSA) is 58.6 Å². The van der Waals surface area contributed by atoms with Gasteiger partial charge in [-0.25, -0.2) is 4.39 Å². The molecule has 0 fully saturated rings. The van der Waals surface area contributed by atoms with Crippen LogP contribution in [0.1, 0.15) is 29.2 Å². The first-order valence-electron chi connectivity index (χ1n) is 11.4. The summed E-state index contributed by atoms with van der Waals surface area (Å²) in [5.74, 6) is -0.289. The number of benzene rings is 3. The van der Waals surface area contributed by atoms with Crippen LogP contribution in [0.3, 0.4) is 0 Å². The molecule has 1 N–H and O–H groups in total. The van der Waals surface area contributed by atoms with Crippen molar-refractivity contribution in [3.8, 4) is 5.75 Å². The van der Waals surface area contributed by atoms with E-state index >= 15 is 0 Å². The van der Waals surface area contributed by atoms with E-state index in [1.54, 1.807) is 12.1 Å². The molecule has 2 amide bonds. The molecule has 0 radical (unpaired) electrons. The summed E-state index contributed by atoms with van der Waals surface area (Å²) in [7, 11) is 0. The van der Waals surface area contributed by atoms with Crippen LogP contribution < -0.4 is 10.1 Å². The van der Waals surface area contributed by atoms with Crippen molar-refractivity contribution in [1.82, 2.24) is 10.2 Å². The van der Waals surface area contributed by atoms with Gasteiger partial charge in [-0.3, -0.25) is 9.59 Å². The van der Waals surface area contributed by atoms with Gasteiger partial charge in [0.2, 0.25) is 5.91 Å². The van der Waals surface area contributed by atoms with Gasteiger partial charge >= 0.3 is 0 Å². The zero-order valence-electron chi connectivity index (χ0n) is 19.9. The number of hydrogen-bond donors (Lipinski definition) is 1. The molecule has 0 aliphatic rings. The Hall–Kier alpha value is -3.67. The summed E-state index contributed by atoms with van der Waals surface area (Å²) in [4.78, 5) is 28.1. The van der Waals surface area contributed by atoms with E-state index in [4.69, 9.17) is 4.74 Å². The lowest BCUT2D eigenvalue weighted by Gasteiger charge is -2.31. The van der Waals surface area contributed by atoms with E-state index in [2.05, 4.69) is 5.32 Å². The fourth-order valence-corrected chi connectivity index (χ4v) is 3.72. The molecule has 3 aromatic carbocycles. The first-order valence-corrected chi connectivity index (χ1v) is 11.4. The minimum Gasteiger partial charge on any atom is -0.483 e. The second kappa shape index (κ2) is 12.0. The van der Waals surface area contributed by atoms with Crippen LogP contribution in [0.15, 0.2) is 72.8 Å². The Morgan fingerprint density at radius 1 is 0.971 bits per heavy atom. The molecule has 0 aromatic heterocycles. The molecule has 0 saturated heterocycles. The van der Waals surface area contributed by atoms with Gasteiger partial charge in [0, 0.05) is 19.5 Å². The number of carbonyl (C=O) groups is 2. The zero-order valence-corrected chi connectivity index (χ0v) is 19.9. The quantitative estimate of drug-likeness (QED) is 0.479. The maximum Gasteiger partial charge on any atom is 0.261 e. The van der Waals surface area contributed by atoms with Crippen molar-refractivity contribution in [2.45, 2.75) is 39.8 Å². The minimum atomic E-state index is -0.748. The highest BCUT2D eigenvalue weighted by molar-refractivity contribution is 5.88. The standard InChI is InChI=1S/C28H31FN2O3/c1-4-30-28(33)25(17-22-8-6-5-7-9-22)31(18-23-12-14-24(29)15-13-23)27(32)19-34-26-16-20(2)10-11-21(26)3/h5-16,25H,4,17-19H2,1-3H3,(H,30,33)/t25-/m0/s1. The first-order chi connectivity index (χ1) is 16.4. The molecule has 3 rings (SSSR count). The van der Waals surface area contributed by atoms with E-state index in [1.165, 1.54) is 17.0 Å². The highest BCUT2D eigenvalue weighted by Crippen LogP contribution is 2.20. The van der Waals surface area contributed by atoms with Crippen molar-refractivity contribution in [3.05, 3.63) is 101 Å². The molecule has 0 aliphatic carbocycles. The molecule has 0 saturated carbocycles. The molecule has 5 nitrogen and oxygen atoms in total. The third-order valence-corrected chi connectivity index (χ3v) is 5.58. The highest BCUT2D eigenvalue weighted by Gasteiger charge is 2.30. The predicted molar refractivity (Wildman–Crippen MR) is 131 cm³/mol. The Labute approximate surface area is 200 Å². The molecule has 3 aromatic rings. The molecule has 6 heteroatoms. The van der Waals surface area contributed by atoms with Crippen LogP contribution in [0.5, 0.6) is 5.75 Å². The van der Waals surface area contributed by atoms with Crippen molar-refractivity contribution in [1.29, 1.82) is 0 Å². The predicted octanol–water partition coefficient (Wildman–Crippen LogP) is 4.60. The molecule has 178 valence electrons. The normalized spacial score (nSPS) is 11.5. The second-order valence-corrected chi connectivity index (χ2v) is 8.31. The Morgan fingerprint density at radius 2 is 1.68 bits per heavy atom. The summed E-state index contributed by atoms with van der Waals surface area (Å²) in [6.07, 6.45) is 0.350. The zero-order chi connectivity index (χ0) is 24.5. The van der Waals surface area contributed by atoms with Crippen molar-refractivity contribution < 1.29 is 18.7 Å². The van der Waals surface area contributed by atoms with Gasteiger partial charge in [-0.2, -0.15) is 0 Å². The second-order valence-electron chi connectivity index (χ2n) is 8.31. The van der Waals surface area contributed by atoms with E-state index in [0.29, 0.717) is 18.7 Å². The van der Waals surface area contributed by atoms with Gasteiger partial charge in [0.05, 0.1) is 0 Å². The number of nitrogens with one attached hydrogen (secondary N) is 1. The number of rotatable bonds is 10. The lowest BCUT2D eigenvalue weighted by molar-refractivity contribution is -0.142. The summed E-state index contributed by atoms with van der Waals surface area (Å²) in [5, 5.41) is 2.85. The lowest BCUT2D eigenvalue weighted by atomic mass is 10.0. The highest BCUT2D eigenvalue weighted by atomic mass is 19.1. The van der Waals surface area contributed by atoms with Crippen LogP contribution in [0.2, 0.25) is 0 Å². The molecular formula is C28H31FN2O3. The van der Waals surface area contributed by atoms with Crippen LogP contribution in [0, 0.1) is 19.7 Å². The summed E-state index contributed by atoms with van der Waals surface area (Å²) in [5.41, 5.74) is 3.61. The van der Waals surface area contributed by atoms with Crippen LogP contribution in [-0.4, -0.2) is 35.9 Å². The van der Waals surface area contributed by atoms with E-state index in [1.807, 2.05) is 69.3 Å². The maximum absolute atomic E-state index is 13.5. The number of halogens is 1. The maximum atomic E-state index is 13.5. The Bertz CT molecular complexity index is 1100. The van der Waals surface area contributed by atoms with Gasteiger partial charge in [0.25, 0.3) is 5.91 Å². The average molecular weight is 463 g/mol. The molecule has 0 unspecified atom stereocenters. The summed E-state index contributed by atoms with van der Waals surface area (Å²) in [6.45, 7) is 6.11. The third-order valence-electron chi connectivity index (χ3n) is 5.58. The molecule has 0 aliphatic heterocycles. The number of carbonyl (C=O) groups excluding carboxylic acids is 2. The van der Waals surface area contributed by atoms with Crippen molar-refractivity contribution in [3.63, 3.8) is 0 Å². The van der Waals surface area contributed by atoms with E-state index in [-0.39, 0.29) is 30.8 Å². The van der Waals surface area contributed by atoms with Crippen LogP contribution >= 0.6 is 0 Å². The number of nitrogens with zero attached hydrogens (tertiary/aromatic N) is 1. The minimum absolute atomic E-state index is 0.157. The molecule has 1 atom stereocenters. The van der Waals surface area contributed by atoms with Gasteiger partial charge in [0.1, 0.15) is 17.6 Å². The largest absolute Gasteiger partial charge is 0.483 e. The van der Waals surface area contributed by atoms with Gasteiger partial charge < -0.3 is 15.0 Å². The Kier molecular flexibility index (Phi) is 8.79. The van der Waals surface area contributed by atoms with Gasteiger partial charge in [-0.15, -0.1) is 0 Å². The molecular weight excluding hydrogens is 431 g/mol. The Balaban J connectivity index is 1.90. The first kappa shape index (κ1) is 25.0. The molecule has 0 spiro atoms. The van der Waals surface area contributed by atoms with Crippen molar-refractivity contribution >= 4 is 11.8 Å². The van der Waals surface area contributed by atoms with E-state index in [9.17, 15) is 14.0 Å². The number of ether oxygens (including phenoxy) is 1. The number of hydrogen-bond acceptors (Lipinski definition) is 3. The van der Waals surface area contributed by atoms with Gasteiger partial charge in [0.15, 0.2) is 6.61 Å². The average Bonchev–Trinajstić information content (AvgIpc) is 2.83. The summed E-state index contributed by atoms with van der Waals surface area (Å²) in [6, 6.07) is 20.6. The van der Waals surface area contributed by atoms with Gasteiger partial charge in [-0.1, -0.05) is 54.6 Å². The van der Waals surface area contributed by atoms with Gasteiger partial charge in [-0.05, 0) is 61.2 Å². The Morgan fingerprint density at radius 3 is 2.35 bits per heavy atom. The van der Waals surface area contributed by atoms with Crippen LogP contribution in [0.4, 0.5) is 4.39 Å². The fraction of sp³-hybridized carbons (Fsp3) is 0.286.